The zero-order valence-corrected chi connectivity index (χ0v) is 15.7. The van der Waals surface area contributed by atoms with Gasteiger partial charge < -0.3 is 15.5 Å². The minimum Gasteiger partial charge on any atom is -0.337 e. The minimum absolute atomic E-state index is 0.00128. The minimum atomic E-state index is -0.312. The highest BCUT2D eigenvalue weighted by atomic mass is 35.5. The summed E-state index contributed by atoms with van der Waals surface area (Å²) >= 11 is 6.10. The molecule has 0 spiro atoms. The number of hydrogen-bond donors (Lipinski definition) is 2. The van der Waals surface area contributed by atoms with Crippen LogP contribution in [0.4, 0.5) is 9.18 Å². The van der Waals surface area contributed by atoms with Crippen LogP contribution in [0, 0.1) is 17.3 Å². The molecular weight excluding hydrogens is 357 g/mol. The molecule has 142 valence electrons. The lowest BCUT2D eigenvalue weighted by Gasteiger charge is -2.23. The van der Waals surface area contributed by atoms with Crippen molar-refractivity contribution < 1.29 is 9.18 Å². The summed E-state index contributed by atoms with van der Waals surface area (Å²) in [4.78, 5) is 15.7. The van der Waals surface area contributed by atoms with Crippen molar-refractivity contribution in [2.75, 3.05) is 32.7 Å². The first-order valence-corrected chi connectivity index (χ1v) is 9.25. The number of likely N-dealkylation sites (tertiary alicyclic amines) is 1. The Hall–Kier alpha value is -2.04. The Labute approximate surface area is 158 Å². The molecule has 0 radical (unpaired) electrons. The van der Waals surface area contributed by atoms with Crippen molar-refractivity contribution >= 4 is 17.6 Å². The zero-order chi connectivity index (χ0) is 18.9. The average Bonchev–Trinajstić information content (AvgIpc) is 3.05. The first-order chi connectivity index (χ1) is 12.5. The Bertz CT molecular complexity index is 631. The van der Waals surface area contributed by atoms with Gasteiger partial charge in [0.2, 0.25) is 0 Å². The van der Waals surface area contributed by atoms with Gasteiger partial charge in [-0.2, -0.15) is 5.26 Å². The molecule has 2 amide bonds. The molecule has 0 saturated carbocycles. The van der Waals surface area contributed by atoms with E-state index >= 15 is 0 Å². The van der Waals surface area contributed by atoms with E-state index < -0.39 is 0 Å². The lowest BCUT2D eigenvalue weighted by Crippen LogP contribution is -2.45. The zero-order valence-electron chi connectivity index (χ0n) is 15.0. The van der Waals surface area contributed by atoms with Gasteiger partial charge in [-0.25, -0.2) is 9.18 Å². The Morgan fingerprint density at radius 2 is 2.31 bits per heavy atom. The van der Waals surface area contributed by atoms with Gasteiger partial charge in [-0.3, -0.25) is 4.90 Å². The third-order valence-corrected chi connectivity index (χ3v) is 4.72. The molecular formula is C18H25ClFN5O. The molecule has 0 aromatic heterocycles. The summed E-state index contributed by atoms with van der Waals surface area (Å²) in [5.41, 5.74) is 0.481. The maximum absolute atomic E-state index is 14.0. The Kier molecular flexibility index (Phi) is 7.95. The largest absolute Gasteiger partial charge is 0.337 e. The molecule has 1 heterocycles. The second-order valence-electron chi connectivity index (χ2n) is 6.41. The molecule has 2 rings (SSSR count). The molecule has 0 bridgehead atoms. The number of urea groups is 1. The predicted molar refractivity (Wildman–Crippen MR) is 99.1 cm³/mol. The van der Waals surface area contributed by atoms with Crippen LogP contribution < -0.4 is 10.6 Å². The van der Waals surface area contributed by atoms with Crippen LogP contribution in [0.1, 0.15) is 25.3 Å². The molecule has 1 fully saturated rings. The van der Waals surface area contributed by atoms with E-state index in [1.54, 1.807) is 17.0 Å². The smallest absolute Gasteiger partial charge is 0.315 e. The Morgan fingerprint density at radius 3 is 2.96 bits per heavy atom. The van der Waals surface area contributed by atoms with E-state index in [1.807, 2.05) is 0 Å². The van der Waals surface area contributed by atoms with Gasteiger partial charge >= 0.3 is 6.03 Å². The highest BCUT2D eigenvalue weighted by Gasteiger charge is 2.22. The van der Waals surface area contributed by atoms with E-state index in [9.17, 15) is 9.18 Å². The molecule has 1 saturated heterocycles. The number of nitrogens with zero attached hydrogens (tertiary/aromatic N) is 3. The quantitative estimate of drug-likeness (QED) is 0.679. The van der Waals surface area contributed by atoms with Crippen LogP contribution in [-0.2, 0) is 6.54 Å². The van der Waals surface area contributed by atoms with E-state index in [1.165, 1.54) is 6.07 Å². The van der Waals surface area contributed by atoms with Gasteiger partial charge in [0.05, 0.1) is 6.04 Å². The first-order valence-electron chi connectivity index (χ1n) is 8.87. The van der Waals surface area contributed by atoms with Gasteiger partial charge in [0.25, 0.3) is 0 Å². The normalized spacial score (nSPS) is 16.6. The SMILES string of the molecule is CCCN(CCNC(=O)N[C@@H]1CCN(C#N)C1)Cc1c(F)cccc1Cl. The van der Waals surface area contributed by atoms with Crippen LogP contribution in [0.15, 0.2) is 18.2 Å². The van der Waals surface area contributed by atoms with E-state index in [0.29, 0.717) is 43.3 Å². The molecule has 1 aromatic rings. The molecule has 0 aliphatic carbocycles. The number of nitriles is 1. The summed E-state index contributed by atoms with van der Waals surface area (Å²) in [5.74, 6) is -0.312. The van der Waals surface area contributed by atoms with Crippen molar-refractivity contribution in [3.8, 4) is 6.19 Å². The highest BCUT2D eigenvalue weighted by Crippen LogP contribution is 2.20. The number of halogens is 2. The molecule has 1 atom stereocenters. The summed E-state index contributed by atoms with van der Waals surface area (Å²) in [6.07, 6.45) is 3.78. The molecule has 0 unspecified atom stereocenters. The molecule has 26 heavy (non-hydrogen) atoms. The van der Waals surface area contributed by atoms with Gasteiger partial charge in [-0.15, -0.1) is 0 Å². The standard InChI is InChI=1S/C18H25ClFN5O/c1-2-8-24(12-15-16(19)4-3-5-17(15)20)10-7-22-18(26)23-14-6-9-25(11-14)13-21/h3-5,14H,2,6-12H2,1H3,(H2,22,23,26)/t14-/m1/s1. The number of rotatable bonds is 8. The molecule has 2 N–H and O–H groups in total. The van der Waals surface area contributed by atoms with Crippen LogP contribution in [-0.4, -0.2) is 54.6 Å². The molecule has 6 nitrogen and oxygen atoms in total. The summed E-state index contributed by atoms with van der Waals surface area (Å²) < 4.78 is 14.0. The van der Waals surface area contributed by atoms with Gasteiger partial charge in [0, 0.05) is 43.3 Å². The maximum atomic E-state index is 14.0. The van der Waals surface area contributed by atoms with Crippen molar-refractivity contribution in [1.29, 1.82) is 5.26 Å². The summed E-state index contributed by atoms with van der Waals surface area (Å²) in [6, 6.07) is 4.44. The van der Waals surface area contributed by atoms with Crippen LogP contribution in [0.3, 0.4) is 0 Å². The number of carbonyl (C=O) groups is 1. The van der Waals surface area contributed by atoms with Gasteiger partial charge in [-0.05, 0) is 31.5 Å². The van der Waals surface area contributed by atoms with Gasteiger partial charge in [0.15, 0.2) is 6.19 Å². The molecule has 8 heteroatoms. The van der Waals surface area contributed by atoms with Crippen molar-refractivity contribution in [1.82, 2.24) is 20.4 Å². The first kappa shape index (κ1) is 20.3. The Balaban J connectivity index is 1.78. The molecule has 1 aromatic carbocycles. The molecule has 1 aliphatic heterocycles. The fourth-order valence-corrected chi connectivity index (χ4v) is 3.25. The number of nitrogens with one attached hydrogen (secondary N) is 2. The number of carbonyl (C=O) groups excluding carboxylic acids is 1. The Morgan fingerprint density at radius 1 is 1.50 bits per heavy atom. The fourth-order valence-electron chi connectivity index (χ4n) is 3.03. The van der Waals surface area contributed by atoms with Crippen LogP contribution in [0.5, 0.6) is 0 Å². The predicted octanol–water partition coefficient (Wildman–Crippen LogP) is 2.55. The third-order valence-electron chi connectivity index (χ3n) is 4.36. The van der Waals surface area contributed by atoms with E-state index in [2.05, 4.69) is 28.7 Å². The van der Waals surface area contributed by atoms with Gasteiger partial charge in [0.1, 0.15) is 5.82 Å². The number of benzene rings is 1. The van der Waals surface area contributed by atoms with Gasteiger partial charge in [-0.1, -0.05) is 24.6 Å². The van der Waals surface area contributed by atoms with E-state index in [0.717, 1.165) is 19.4 Å². The van der Waals surface area contributed by atoms with Crippen molar-refractivity contribution in [3.63, 3.8) is 0 Å². The number of amides is 2. The lowest BCUT2D eigenvalue weighted by atomic mass is 10.2. The summed E-state index contributed by atoms with van der Waals surface area (Å²) in [5, 5.41) is 15.0. The fraction of sp³-hybridized carbons (Fsp3) is 0.556. The maximum Gasteiger partial charge on any atom is 0.315 e. The van der Waals surface area contributed by atoms with Crippen molar-refractivity contribution in [2.45, 2.75) is 32.4 Å². The van der Waals surface area contributed by atoms with Crippen molar-refractivity contribution in [3.05, 3.63) is 34.6 Å². The van der Waals surface area contributed by atoms with E-state index in [-0.39, 0.29) is 17.9 Å². The van der Waals surface area contributed by atoms with Crippen molar-refractivity contribution in [2.24, 2.45) is 0 Å². The lowest BCUT2D eigenvalue weighted by molar-refractivity contribution is 0.229. The van der Waals surface area contributed by atoms with Crippen LogP contribution in [0.25, 0.3) is 0 Å². The van der Waals surface area contributed by atoms with Crippen LogP contribution >= 0.6 is 11.6 Å². The second-order valence-corrected chi connectivity index (χ2v) is 6.82. The average molecular weight is 382 g/mol. The summed E-state index contributed by atoms with van der Waals surface area (Å²) in [7, 11) is 0. The monoisotopic (exact) mass is 381 g/mol. The highest BCUT2D eigenvalue weighted by molar-refractivity contribution is 6.31. The summed E-state index contributed by atoms with van der Waals surface area (Å²) in [6.45, 7) is 5.52. The number of hydrogen-bond acceptors (Lipinski definition) is 4. The topological polar surface area (TPSA) is 71.4 Å². The second kappa shape index (κ2) is 10.2. The third kappa shape index (κ3) is 6.04. The van der Waals surface area contributed by atoms with Crippen LogP contribution in [0.2, 0.25) is 5.02 Å². The molecule has 1 aliphatic rings. The van der Waals surface area contributed by atoms with E-state index in [4.69, 9.17) is 16.9 Å².